The molecule has 25 heavy (non-hydrogen) atoms. The van der Waals surface area contributed by atoms with E-state index < -0.39 is 5.60 Å². The van der Waals surface area contributed by atoms with Crippen molar-refractivity contribution < 1.29 is 9.50 Å². The molecular formula is C20H24FN3O. The molecule has 3 atom stereocenters. The summed E-state index contributed by atoms with van der Waals surface area (Å²) in [5.74, 6) is 1.30. The maximum Gasteiger partial charge on any atom is 0.127 e. The van der Waals surface area contributed by atoms with Gasteiger partial charge in [0.25, 0.3) is 0 Å². The van der Waals surface area contributed by atoms with Gasteiger partial charge in [0, 0.05) is 49.9 Å². The minimum atomic E-state index is -0.838. The first-order valence-electron chi connectivity index (χ1n) is 9.09. The molecule has 0 spiro atoms. The summed E-state index contributed by atoms with van der Waals surface area (Å²) >= 11 is 0. The normalized spacial score (nSPS) is 29.1. The van der Waals surface area contributed by atoms with Crippen LogP contribution in [0.15, 0.2) is 36.7 Å². The summed E-state index contributed by atoms with van der Waals surface area (Å²) < 4.78 is 13.2. The summed E-state index contributed by atoms with van der Waals surface area (Å²) in [5, 5.41) is 11.3. The molecule has 2 aromatic rings. The number of hydrogen-bond donors (Lipinski definition) is 1. The van der Waals surface area contributed by atoms with Crippen LogP contribution in [0.1, 0.15) is 36.7 Å². The monoisotopic (exact) mass is 341 g/mol. The van der Waals surface area contributed by atoms with Crippen LogP contribution in [0.5, 0.6) is 0 Å². The number of hydrogen-bond acceptors (Lipinski definition) is 4. The molecule has 2 aliphatic rings. The van der Waals surface area contributed by atoms with Gasteiger partial charge in [0.15, 0.2) is 0 Å². The van der Waals surface area contributed by atoms with E-state index in [1.165, 1.54) is 12.1 Å². The Morgan fingerprint density at radius 3 is 2.60 bits per heavy atom. The molecule has 5 heteroatoms. The fourth-order valence-corrected chi connectivity index (χ4v) is 4.51. The summed E-state index contributed by atoms with van der Waals surface area (Å²) in [7, 11) is 0. The Kier molecular flexibility index (Phi) is 4.29. The molecule has 132 valence electrons. The van der Waals surface area contributed by atoms with E-state index in [0.717, 1.165) is 55.8 Å². The average molecular weight is 341 g/mol. The number of rotatable bonds is 4. The van der Waals surface area contributed by atoms with Crippen molar-refractivity contribution in [2.75, 3.05) is 13.1 Å². The third-order valence-electron chi connectivity index (χ3n) is 5.85. The molecule has 3 unspecified atom stereocenters. The van der Waals surface area contributed by atoms with E-state index in [1.54, 1.807) is 12.1 Å². The predicted octanol–water partition coefficient (Wildman–Crippen LogP) is 2.91. The zero-order valence-electron chi connectivity index (χ0n) is 14.5. The van der Waals surface area contributed by atoms with Gasteiger partial charge in [-0.25, -0.2) is 14.4 Å². The van der Waals surface area contributed by atoms with E-state index >= 15 is 0 Å². The summed E-state index contributed by atoms with van der Waals surface area (Å²) in [6.07, 6.45) is 6.44. The largest absolute Gasteiger partial charge is 0.385 e. The molecule has 4 nitrogen and oxygen atoms in total. The number of aliphatic hydroxyl groups is 1. The zero-order valence-corrected chi connectivity index (χ0v) is 14.5. The van der Waals surface area contributed by atoms with Gasteiger partial charge >= 0.3 is 0 Å². The third kappa shape index (κ3) is 3.07. The van der Waals surface area contributed by atoms with Crippen LogP contribution >= 0.6 is 0 Å². The topological polar surface area (TPSA) is 49.2 Å². The third-order valence-corrected chi connectivity index (χ3v) is 5.85. The van der Waals surface area contributed by atoms with E-state index in [1.807, 2.05) is 19.3 Å². The fourth-order valence-electron chi connectivity index (χ4n) is 4.51. The maximum atomic E-state index is 13.2. The minimum absolute atomic E-state index is 0.203. The second-order valence-electron chi connectivity index (χ2n) is 7.39. The Balaban J connectivity index is 1.48. The minimum Gasteiger partial charge on any atom is -0.385 e. The summed E-state index contributed by atoms with van der Waals surface area (Å²) in [6.45, 7) is 4.71. The Labute approximate surface area is 147 Å². The van der Waals surface area contributed by atoms with Crippen LogP contribution in [-0.4, -0.2) is 33.1 Å². The van der Waals surface area contributed by atoms with Gasteiger partial charge in [-0.3, -0.25) is 4.90 Å². The van der Waals surface area contributed by atoms with E-state index in [-0.39, 0.29) is 11.7 Å². The van der Waals surface area contributed by atoms with E-state index in [9.17, 15) is 9.50 Å². The lowest BCUT2D eigenvalue weighted by atomic mass is 9.82. The molecule has 2 fully saturated rings. The van der Waals surface area contributed by atoms with Gasteiger partial charge in [-0.1, -0.05) is 19.1 Å². The van der Waals surface area contributed by atoms with Crippen molar-refractivity contribution in [2.24, 2.45) is 11.8 Å². The van der Waals surface area contributed by atoms with Crippen molar-refractivity contribution in [3.8, 4) is 0 Å². The number of halogens is 1. The van der Waals surface area contributed by atoms with Crippen LogP contribution in [-0.2, 0) is 18.6 Å². The van der Waals surface area contributed by atoms with Crippen LogP contribution in [0.25, 0.3) is 0 Å². The number of aromatic nitrogens is 2. The van der Waals surface area contributed by atoms with Crippen molar-refractivity contribution in [1.82, 2.24) is 14.9 Å². The van der Waals surface area contributed by atoms with E-state index in [2.05, 4.69) is 14.9 Å². The Hall–Kier alpha value is -1.85. The van der Waals surface area contributed by atoms with Gasteiger partial charge < -0.3 is 5.11 Å². The summed E-state index contributed by atoms with van der Waals surface area (Å²) in [5.41, 5.74) is 1.12. The molecule has 2 heterocycles. The highest BCUT2D eigenvalue weighted by Crippen LogP contribution is 2.50. The number of fused-ring (bicyclic) bond motifs is 1. The first-order chi connectivity index (χ1) is 12.1. The van der Waals surface area contributed by atoms with Crippen LogP contribution < -0.4 is 0 Å². The van der Waals surface area contributed by atoms with Gasteiger partial charge in [-0.15, -0.1) is 0 Å². The number of aryl methyl sites for hydroxylation is 1. The molecule has 0 amide bonds. The molecule has 1 saturated carbocycles. The number of nitrogens with zero attached hydrogens (tertiary/aromatic N) is 3. The van der Waals surface area contributed by atoms with Crippen LogP contribution in [0.2, 0.25) is 0 Å². The average Bonchev–Trinajstić information content (AvgIpc) is 3.17. The highest BCUT2D eigenvalue weighted by Gasteiger charge is 2.52. The highest BCUT2D eigenvalue weighted by atomic mass is 19.1. The van der Waals surface area contributed by atoms with Gasteiger partial charge in [0.2, 0.25) is 0 Å². The molecule has 1 aromatic heterocycles. The lowest BCUT2D eigenvalue weighted by Gasteiger charge is -2.31. The molecular weight excluding hydrogens is 317 g/mol. The highest BCUT2D eigenvalue weighted by molar-refractivity contribution is 5.27. The van der Waals surface area contributed by atoms with Gasteiger partial charge in [-0.2, -0.15) is 0 Å². The molecule has 4 rings (SSSR count). The molecule has 1 aromatic carbocycles. The van der Waals surface area contributed by atoms with Crippen molar-refractivity contribution >= 4 is 0 Å². The fraction of sp³-hybridized carbons (Fsp3) is 0.500. The zero-order chi connectivity index (χ0) is 17.4. The van der Waals surface area contributed by atoms with Crippen molar-refractivity contribution in [3.05, 3.63) is 59.4 Å². The maximum absolute atomic E-state index is 13.2. The Morgan fingerprint density at radius 2 is 1.92 bits per heavy atom. The molecule has 1 aliphatic heterocycles. The number of benzene rings is 1. The SMILES string of the molecule is CCc1ncc(CN2CC3CCC(O)(c4ccc(F)cc4)C3C2)cn1. The van der Waals surface area contributed by atoms with Crippen molar-refractivity contribution in [1.29, 1.82) is 0 Å². The molecule has 1 N–H and O–H groups in total. The molecule has 1 aliphatic carbocycles. The molecule has 0 radical (unpaired) electrons. The van der Waals surface area contributed by atoms with Crippen molar-refractivity contribution in [3.63, 3.8) is 0 Å². The smallest absolute Gasteiger partial charge is 0.127 e. The number of likely N-dealkylation sites (tertiary alicyclic amines) is 1. The first kappa shape index (κ1) is 16.6. The molecule has 0 bridgehead atoms. The second kappa shape index (κ2) is 6.46. The Bertz CT molecular complexity index is 734. The standard InChI is InChI=1S/C20H24FN3O/c1-2-19-22-9-14(10-23-19)11-24-12-15-7-8-20(25,18(15)13-24)16-3-5-17(21)6-4-16/h3-6,9-10,15,18,25H,2,7-8,11-13H2,1H3. The second-order valence-corrected chi connectivity index (χ2v) is 7.39. The quantitative estimate of drug-likeness (QED) is 0.929. The molecule has 1 saturated heterocycles. The summed E-state index contributed by atoms with van der Waals surface area (Å²) in [4.78, 5) is 11.1. The van der Waals surface area contributed by atoms with Gasteiger partial charge in [0.05, 0.1) is 5.60 Å². The van der Waals surface area contributed by atoms with Crippen molar-refractivity contribution in [2.45, 2.75) is 38.3 Å². The lowest BCUT2D eigenvalue weighted by molar-refractivity contribution is -0.00688. The van der Waals surface area contributed by atoms with Crippen LogP contribution in [0.4, 0.5) is 4.39 Å². The summed E-state index contributed by atoms with van der Waals surface area (Å²) in [6, 6.07) is 6.36. The van der Waals surface area contributed by atoms with E-state index in [4.69, 9.17) is 0 Å². The van der Waals surface area contributed by atoms with Crippen LogP contribution in [0, 0.1) is 17.7 Å². The Morgan fingerprint density at radius 1 is 1.20 bits per heavy atom. The first-order valence-corrected chi connectivity index (χ1v) is 9.09. The predicted molar refractivity (Wildman–Crippen MR) is 93.2 cm³/mol. The van der Waals surface area contributed by atoms with Gasteiger partial charge in [0.1, 0.15) is 11.6 Å². The lowest BCUT2D eigenvalue weighted by Crippen LogP contribution is -2.34. The van der Waals surface area contributed by atoms with Gasteiger partial charge in [-0.05, 0) is 36.5 Å². The van der Waals surface area contributed by atoms with E-state index in [0.29, 0.717) is 5.92 Å². The van der Waals surface area contributed by atoms with Crippen LogP contribution in [0.3, 0.4) is 0 Å².